The molecule has 1 saturated carbocycles. The molecule has 1 amide bonds. The number of thiophene rings is 1. The summed E-state index contributed by atoms with van der Waals surface area (Å²) < 4.78 is 0. The molecule has 0 unspecified atom stereocenters. The molecule has 0 aliphatic heterocycles. The second kappa shape index (κ2) is 5.25. The fourth-order valence-electron chi connectivity index (χ4n) is 2.29. The molecule has 1 aliphatic carbocycles. The van der Waals surface area contributed by atoms with Crippen LogP contribution >= 0.6 is 11.3 Å². The lowest BCUT2D eigenvalue weighted by Gasteiger charge is -2.16. The average Bonchev–Trinajstić information content (AvgIpc) is 3.10. The minimum absolute atomic E-state index is 0.0307. The van der Waals surface area contributed by atoms with Crippen LogP contribution in [0, 0.1) is 12.8 Å². The fraction of sp³-hybridized carbons (Fsp3) is 0.333. The van der Waals surface area contributed by atoms with Gasteiger partial charge in [-0.3, -0.25) is 9.59 Å². The maximum absolute atomic E-state index is 12.3. The number of aromatic nitrogens is 1. The Hall–Kier alpha value is -1.88. The van der Waals surface area contributed by atoms with E-state index in [1.807, 2.05) is 17.5 Å². The van der Waals surface area contributed by atoms with Crippen LogP contribution in [0.15, 0.2) is 34.4 Å². The molecule has 3 rings (SSSR count). The van der Waals surface area contributed by atoms with Crippen LogP contribution in [0.5, 0.6) is 0 Å². The quantitative estimate of drug-likeness (QED) is 0.908. The summed E-state index contributed by atoms with van der Waals surface area (Å²) in [6, 6.07) is 7.38. The maximum atomic E-state index is 12.3. The van der Waals surface area contributed by atoms with Crippen LogP contribution in [0.4, 0.5) is 0 Å². The van der Waals surface area contributed by atoms with E-state index >= 15 is 0 Å². The van der Waals surface area contributed by atoms with Crippen molar-refractivity contribution in [2.75, 3.05) is 0 Å². The van der Waals surface area contributed by atoms with Gasteiger partial charge in [0.05, 0.1) is 6.04 Å². The van der Waals surface area contributed by atoms with E-state index in [9.17, 15) is 9.59 Å². The Bertz CT molecular complexity index is 671. The van der Waals surface area contributed by atoms with Crippen molar-refractivity contribution in [3.05, 3.63) is 56.1 Å². The van der Waals surface area contributed by atoms with Crippen molar-refractivity contribution < 1.29 is 4.79 Å². The van der Waals surface area contributed by atoms with E-state index in [2.05, 4.69) is 10.3 Å². The van der Waals surface area contributed by atoms with Crippen LogP contribution in [0.3, 0.4) is 0 Å². The number of carbonyl (C=O) groups is 1. The smallest absolute Gasteiger partial charge is 0.260 e. The molecule has 1 aliphatic rings. The first-order valence-electron chi connectivity index (χ1n) is 6.69. The summed E-state index contributed by atoms with van der Waals surface area (Å²) in [5.74, 6) is 0.207. The normalized spacial score (nSPS) is 15.8. The van der Waals surface area contributed by atoms with Crippen molar-refractivity contribution in [3.8, 4) is 0 Å². The van der Waals surface area contributed by atoms with Crippen LogP contribution in [-0.4, -0.2) is 10.9 Å². The molecule has 0 aromatic carbocycles. The van der Waals surface area contributed by atoms with Gasteiger partial charge < -0.3 is 10.3 Å². The monoisotopic (exact) mass is 288 g/mol. The molecule has 1 fully saturated rings. The Morgan fingerprint density at radius 2 is 2.20 bits per heavy atom. The highest BCUT2D eigenvalue weighted by Gasteiger charge is 2.34. The Morgan fingerprint density at radius 1 is 1.40 bits per heavy atom. The highest BCUT2D eigenvalue weighted by molar-refractivity contribution is 7.10. The lowest BCUT2D eigenvalue weighted by Crippen LogP contribution is -2.33. The number of H-pyrrole nitrogens is 1. The largest absolute Gasteiger partial charge is 0.344 e. The number of rotatable bonds is 4. The summed E-state index contributed by atoms with van der Waals surface area (Å²) in [6.07, 6.45) is 2.26. The van der Waals surface area contributed by atoms with Crippen LogP contribution < -0.4 is 10.9 Å². The maximum Gasteiger partial charge on any atom is 0.260 e. The number of aryl methyl sites for hydroxylation is 1. The second-order valence-corrected chi connectivity index (χ2v) is 6.17. The summed E-state index contributed by atoms with van der Waals surface area (Å²) in [5.41, 5.74) is 0.601. The molecule has 4 nitrogen and oxygen atoms in total. The van der Waals surface area contributed by atoms with Crippen molar-refractivity contribution in [2.45, 2.75) is 25.8 Å². The topological polar surface area (TPSA) is 62.0 Å². The van der Waals surface area contributed by atoms with Gasteiger partial charge in [-0.1, -0.05) is 6.07 Å². The van der Waals surface area contributed by atoms with Gasteiger partial charge in [0.15, 0.2) is 0 Å². The first kappa shape index (κ1) is 13.1. The predicted octanol–water partition coefficient (Wildman–Crippen LogP) is 2.63. The minimum atomic E-state index is -0.330. The molecule has 0 spiro atoms. The van der Waals surface area contributed by atoms with Gasteiger partial charge in [0.25, 0.3) is 11.5 Å². The zero-order chi connectivity index (χ0) is 14.1. The molecule has 2 aromatic heterocycles. The van der Waals surface area contributed by atoms with Gasteiger partial charge in [0.1, 0.15) is 5.56 Å². The summed E-state index contributed by atoms with van der Waals surface area (Å²) in [6.45, 7) is 1.79. The van der Waals surface area contributed by atoms with Gasteiger partial charge in [-0.05, 0) is 49.3 Å². The average molecular weight is 288 g/mol. The van der Waals surface area contributed by atoms with E-state index in [0.717, 1.165) is 23.4 Å². The second-order valence-electron chi connectivity index (χ2n) is 5.19. The van der Waals surface area contributed by atoms with Gasteiger partial charge in [0.2, 0.25) is 0 Å². The van der Waals surface area contributed by atoms with Crippen molar-refractivity contribution in [2.24, 2.45) is 5.92 Å². The van der Waals surface area contributed by atoms with Crippen LogP contribution in [0.1, 0.15) is 39.8 Å². The molecule has 1 atom stereocenters. The molecule has 2 aromatic rings. The molecular formula is C15H16N2O2S. The van der Waals surface area contributed by atoms with Crippen molar-refractivity contribution in [1.82, 2.24) is 10.3 Å². The number of pyridine rings is 1. The Labute approximate surface area is 120 Å². The van der Waals surface area contributed by atoms with E-state index in [0.29, 0.717) is 5.92 Å². The number of carbonyl (C=O) groups excluding carboxylic acids is 1. The third-order valence-corrected chi connectivity index (χ3v) is 4.49. The molecule has 0 radical (unpaired) electrons. The highest BCUT2D eigenvalue weighted by Crippen LogP contribution is 2.42. The van der Waals surface area contributed by atoms with Crippen molar-refractivity contribution >= 4 is 17.2 Å². The molecule has 0 bridgehead atoms. The van der Waals surface area contributed by atoms with E-state index in [1.165, 1.54) is 0 Å². The lowest BCUT2D eigenvalue weighted by atomic mass is 10.1. The minimum Gasteiger partial charge on any atom is -0.344 e. The van der Waals surface area contributed by atoms with Gasteiger partial charge in [-0.25, -0.2) is 0 Å². The summed E-state index contributed by atoms with van der Waals surface area (Å²) >= 11 is 1.64. The van der Waals surface area contributed by atoms with E-state index in [4.69, 9.17) is 0 Å². The molecule has 2 N–H and O–H groups in total. The van der Waals surface area contributed by atoms with Gasteiger partial charge in [-0.2, -0.15) is 0 Å². The van der Waals surface area contributed by atoms with Crippen molar-refractivity contribution in [3.63, 3.8) is 0 Å². The molecule has 20 heavy (non-hydrogen) atoms. The molecule has 2 heterocycles. The van der Waals surface area contributed by atoms with Crippen molar-refractivity contribution in [1.29, 1.82) is 0 Å². The standard InChI is InChI=1S/C15H16N2O2S/c1-9-4-7-11(14(18)16-9)15(19)17-13(10-5-6-10)12-3-2-8-20-12/h2-4,7-8,10,13H,5-6H2,1H3,(H,16,18)(H,17,19)/t13-/m1/s1. The highest BCUT2D eigenvalue weighted by atomic mass is 32.1. The first-order chi connectivity index (χ1) is 9.65. The van der Waals surface area contributed by atoms with E-state index < -0.39 is 0 Å². The predicted molar refractivity (Wildman–Crippen MR) is 79.0 cm³/mol. The molecule has 104 valence electrons. The Morgan fingerprint density at radius 3 is 2.80 bits per heavy atom. The molecule has 5 heteroatoms. The zero-order valence-electron chi connectivity index (χ0n) is 11.2. The number of hydrogen-bond donors (Lipinski definition) is 2. The summed E-state index contributed by atoms with van der Waals surface area (Å²) in [4.78, 5) is 27.9. The van der Waals surface area contributed by atoms with Crippen LogP contribution in [0.2, 0.25) is 0 Å². The zero-order valence-corrected chi connectivity index (χ0v) is 12.0. The lowest BCUT2D eigenvalue weighted by molar-refractivity contribution is 0.0931. The van der Waals surface area contributed by atoms with Gasteiger partial charge in [-0.15, -0.1) is 11.3 Å². The SMILES string of the molecule is Cc1ccc(C(=O)N[C@@H](c2cccs2)C2CC2)c(=O)[nH]1. The Kier molecular flexibility index (Phi) is 3.44. The summed E-state index contributed by atoms with van der Waals surface area (Å²) in [7, 11) is 0. The van der Waals surface area contributed by atoms with Crippen LogP contribution in [0.25, 0.3) is 0 Å². The van der Waals surface area contributed by atoms with Crippen LogP contribution in [-0.2, 0) is 0 Å². The number of hydrogen-bond acceptors (Lipinski definition) is 3. The Balaban J connectivity index is 1.82. The van der Waals surface area contributed by atoms with Gasteiger partial charge >= 0.3 is 0 Å². The number of aromatic amines is 1. The number of nitrogens with one attached hydrogen (secondary N) is 2. The van der Waals surface area contributed by atoms with E-state index in [1.54, 1.807) is 30.4 Å². The molecular weight excluding hydrogens is 272 g/mol. The first-order valence-corrected chi connectivity index (χ1v) is 7.57. The third kappa shape index (κ3) is 2.67. The third-order valence-electron chi connectivity index (χ3n) is 3.53. The number of amides is 1. The molecule has 0 saturated heterocycles. The van der Waals surface area contributed by atoms with E-state index in [-0.39, 0.29) is 23.1 Å². The fourth-order valence-corrected chi connectivity index (χ4v) is 3.16. The van der Waals surface area contributed by atoms with Gasteiger partial charge in [0, 0.05) is 10.6 Å². The summed E-state index contributed by atoms with van der Waals surface area (Å²) in [5, 5.41) is 5.02.